The van der Waals surface area contributed by atoms with E-state index < -0.39 is 0 Å². The van der Waals surface area contributed by atoms with Crippen LogP contribution in [0, 0.1) is 0 Å². The minimum Gasteiger partial charge on any atom is -0.472 e. The largest absolute Gasteiger partial charge is 0.472 e. The number of carbonyl (C=O) groups excluding carboxylic acids is 1. The van der Waals surface area contributed by atoms with Crippen molar-refractivity contribution in [3.05, 3.63) is 60.3 Å². The van der Waals surface area contributed by atoms with Gasteiger partial charge in [0.05, 0.1) is 13.2 Å². The van der Waals surface area contributed by atoms with E-state index >= 15 is 0 Å². The van der Waals surface area contributed by atoms with Crippen LogP contribution >= 0.6 is 0 Å². The lowest BCUT2D eigenvalue weighted by Crippen LogP contribution is -2.33. The SMILES string of the molecule is O=C(COCc1ccccc1)N1CC[C@H](Oc2ccccn2)C1. The van der Waals surface area contributed by atoms with E-state index in [1.165, 1.54) is 0 Å². The number of hydrogen-bond donors (Lipinski definition) is 0. The van der Waals surface area contributed by atoms with Gasteiger partial charge in [0, 0.05) is 25.2 Å². The van der Waals surface area contributed by atoms with Crippen LogP contribution in [0.5, 0.6) is 5.88 Å². The van der Waals surface area contributed by atoms with E-state index in [4.69, 9.17) is 9.47 Å². The van der Waals surface area contributed by atoms with Crippen molar-refractivity contribution in [2.45, 2.75) is 19.1 Å². The molecule has 2 aromatic rings. The molecule has 0 spiro atoms. The van der Waals surface area contributed by atoms with E-state index in [-0.39, 0.29) is 18.6 Å². The smallest absolute Gasteiger partial charge is 0.248 e. The lowest BCUT2D eigenvalue weighted by atomic mass is 10.2. The molecule has 1 aliphatic rings. The molecule has 1 aliphatic heterocycles. The predicted octanol–water partition coefficient (Wildman–Crippen LogP) is 2.28. The number of amides is 1. The monoisotopic (exact) mass is 312 g/mol. The highest BCUT2D eigenvalue weighted by molar-refractivity contribution is 5.77. The molecular weight excluding hydrogens is 292 g/mol. The van der Waals surface area contributed by atoms with Crippen molar-refractivity contribution in [1.29, 1.82) is 0 Å². The predicted molar refractivity (Wildman–Crippen MR) is 85.9 cm³/mol. The van der Waals surface area contributed by atoms with Gasteiger partial charge in [-0.15, -0.1) is 0 Å². The van der Waals surface area contributed by atoms with Gasteiger partial charge < -0.3 is 14.4 Å². The second-order valence-electron chi connectivity index (χ2n) is 5.51. The summed E-state index contributed by atoms with van der Waals surface area (Å²) in [6.07, 6.45) is 2.52. The number of likely N-dealkylation sites (tertiary alicyclic amines) is 1. The van der Waals surface area contributed by atoms with Gasteiger partial charge in [0.25, 0.3) is 0 Å². The third kappa shape index (κ3) is 4.53. The minimum absolute atomic E-state index is 0.00275. The summed E-state index contributed by atoms with van der Waals surface area (Å²) in [7, 11) is 0. The molecule has 0 bridgehead atoms. The summed E-state index contributed by atoms with van der Waals surface area (Å²) in [5, 5.41) is 0. The van der Waals surface area contributed by atoms with Crippen LogP contribution in [0.3, 0.4) is 0 Å². The standard InChI is InChI=1S/C18H20N2O3/c21-18(14-22-13-15-6-2-1-3-7-15)20-11-9-16(12-20)23-17-8-4-5-10-19-17/h1-8,10,16H,9,11-14H2/t16-/m0/s1. The quantitative estimate of drug-likeness (QED) is 0.821. The molecule has 1 saturated heterocycles. The van der Waals surface area contributed by atoms with Crippen LogP contribution < -0.4 is 4.74 Å². The second-order valence-corrected chi connectivity index (χ2v) is 5.51. The normalized spacial score (nSPS) is 17.2. The van der Waals surface area contributed by atoms with E-state index in [0.29, 0.717) is 25.6 Å². The number of ether oxygens (including phenoxy) is 2. The van der Waals surface area contributed by atoms with Crippen LogP contribution in [0.2, 0.25) is 0 Å². The third-order valence-corrected chi connectivity index (χ3v) is 3.76. The summed E-state index contributed by atoms with van der Waals surface area (Å²) in [6, 6.07) is 15.4. The molecule has 0 aliphatic carbocycles. The van der Waals surface area contributed by atoms with Gasteiger partial charge in [-0.25, -0.2) is 4.98 Å². The van der Waals surface area contributed by atoms with Gasteiger partial charge in [-0.3, -0.25) is 4.79 Å². The lowest BCUT2D eigenvalue weighted by molar-refractivity contribution is -0.135. The Balaban J connectivity index is 1.41. The van der Waals surface area contributed by atoms with Crippen molar-refractivity contribution in [3.63, 3.8) is 0 Å². The second kappa shape index (κ2) is 7.74. The summed E-state index contributed by atoms with van der Waals surface area (Å²) in [4.78, 5) is 18.1. The molecule has 3 rings (SSSR count). The van der Waals surface area contributed by atoms with Gasteiger partial charge in [-0.1, -0.05) is 36.4 Å². The van der Waals surface area contributed by atoms with E-state index in [1.807, 2.05) is 48.5 Å². The molecule has 1 aromatic heterocycles. The topological polar surface area (TPSA) is 51.7 Å². The summed E-state index contributed by atoms with van der Waals surface area (Å²) in [5.41, 5.74) is 1.07. The van der Waals surface area contributed by atoms with Crippen molar-refractivity contribution in [2.75, 3.05) is 19.7 Å². The van der Waals surface area contributed by atoms with Crippen LogP contribution in [0.1, 0.15) is 12.0 Å². The van der Waals surface area contributed by atoms with E-state index in [2.05, 4.69) is 4.98 Å². The van der Waals surface area contributed by atoms with E-state index in [1.54, 1.807) is 11.1 Å². The Hall–Kier alpha value is -2.40. The molecule has 120 valence electrons. The number of hydrogen-bond acceptors (Lipinski definition) is 4. The number of carbonyl (C=O) groups is 1. The third-order valence-electron chi connectivity index (χ3n) is 3.76. The molecule has 1 aromatic carbocycles. The van der Waals surface area contributed by atoms with Crippen LogP contribution in [0.15, 0.2) is 54.7 Å². The van der Waals surface area contributed by atoms with Crippen molar-refractivity contribution in [2.24, 2.45) is 0 Å². The molecule has 1 amide bonds. The van der Waals surface area contributed by atoms with Crippen molar-refractivity contribution in [3.8, 4) is 5.88 Å². The van der Waals surface area contributed by atoms with Gasteiger partial charge in [-0.2, -0.15) is 0 Å². The molecule has 1 fully saturated rings. The fourth-order valence-electron chi connectivity index (χ4n) is 2.56. The van der Waals surface area contributed by atoms with Crippen LogP contribution in [0.4, 0.5) is 0 Å². The van der Waals surface area contributed by atoms with E-state index in [0.717, 1.165) is 12.0 Å². The van der Waals surface area contributed by atoms with Gasteiger partial charge in [-0.05, 0) is 11.6 Å². The first-order valence-electron chi connectivity index (χ1n) is 7.78. The average Bonchev–Trinajstić information content (AvgIpc) is 3.05. The Morgan fingerprint density at radius 1 is 1.17 bits per heavy atom. The molecule has 23 heavy (non-hydrogen) atoms. The zero-order valence-corrected chi connectivity index (χ0v) is 12.9. The number of benzene rings is 1. The Morgan fingerprint density at radius 2 is 2.00 bits per heavy atom. The number of pyridine rings is 1. The summed E-state index contributed by atoms with van der Waals surface area (Å²) < 4.78 is 11.3. The van der Waals surface area contributed by atoms with Crippen LogP contribution in [0.25, 0.3) is 0 Å². The van der Waals surface area contributed by atoms with Gasteiger partial charge in [0.15, 0.2) is 0 Å². The average molecular weight is 312 g/mol. The molecule has 0 saturated carbocycles. The fourth-order valence-corrected chi connectivity index (χ4v) is 2.56. The first-order chi connectivity index (χ1) is 11.3. The Morgan fingerprint density at radius 3 is 2.78 bits per heavy atom. The number of nitrogens with zero attached hydrogens (tertiary/aromatic N) is 2. The van der Waals surface area contributed by atoms with E-state index in [9.17, 15) is 4.79 Å². The zero-order chi connectivity index (χ0) is 15.9. The molecule has 0 radical (unpaired) electrons. The number of rotatable bonds is 6. The Bertz CT molecular complexity index is 619. The molecule has 5 nitrogen and oxygen atoms in total. The van der Waals surface area contributed by atoms with Crippen LogP contribution in [-0.4, -0.2) is 41.6 Å². The van der Waals surface area contributed by atoms with Crippen molar-refractivity contribution in [1.82, 2.24) is 9.88 Å². The molecule has 2 heterocycles. The maximum Gasteiger partial charge on any atom is 0.248 e. The molecular formula is C18H20N2O3. The highest BCUT2D eigenvalue weighted by Gasteiger charge is 2.27. The molecule has 0 unspecified atom stereocenters. The summed E-state index contributed by atoms with van der Waals surface area (Å²) >= 11 is 0. The minimum atomic E-state index is 0.00275. The number of aromatic nitrogens is 1. The summed E-state index contributed by atoms with van der Waals surface area (Å²) in [6.45, 7) is 1.84. The molecule has 5 heteroatoms. The zero-order valence-electron chi connectivity index (χ0n) is 12.9. The molecule has 1 atom stereocenters. The van der Waals surface area contributed by atoms with Crippen molar-refractivity contribution < 1.29 is 14.3 Å². The van der Waals surface area contributed by atoms with Gasteiger partial charge in [0.1, 0.15) is 12.7 Å². The highest BCUT2D eigenvalue weighted by atomic mass is 16.5. The molecule has 0 N–H and O–H groups in total. The maximum atomic E-state index is 12.2. The fraction of sp³-hybridized carbons (Fsp3) is 0.333. The highest BCUT2D eigenvalue weighted by Crippen LogP contribution is 2.16. The van der Waals surface area contributed by atoms with Gasteiger partial charge in [0.2, 0.25) is 11.8 Å². The van der Waals surface area contributed by atoms with Crippen LogP contribution in [-0.2, 0) is 16.1 Å². The van der Waals surface area contributed by atoms with Crippen molar-refractivity contribution >= 4 is 5.91 Å². The first-order valence-corrected chi connectivity index (χ1v) is 7.78. The van der Waals surface area contributed by atoms with Gasteiger partial charge >= 0.3 is 0 Å². The first kappa shape index (κ1) is 15.5. The maximum absolute atomic E-state index is 12.2. The lowest BCUT2D eigenvalue weighted by Gasteiger charge is -2.17. The Kier molecular flexibility index (Phi) is 5.21. The summed E-state index contributed by atoms with van der Waals surface area (Å²) in [5.74, 6) is 0.611. The Labute approximate surface area is 135 Å².